The number of anilines is 1. The largest absolute Gasteiger partial charge is 0.477 e. The fourth-order valence-electron chi connectivity index (χ4n) is 0.820. The smallest absolute Gasteiger partial charge is 0.353 e. The summed E-state index contributed by atoms with van der Waals surface area (Å²) >= 11 is 0. The van der Waals surface area contributed by atoms with E-state index >= 15 is 0 Å². The van der Waals surface area contributed by atoms with Gasteiger partial charge in [0.25, 0.3) is 0 Å². The lowest BCUT2D eigenvalue weighted by molar-refractivity contribution is -0.115. The lowest BCUT2D eigenvalue weighted by Crippen LogP contribution is -2.09. The third kappa shape index (κ3) is 2.44. The average Bonchev–Trinajstić information content (AvgIpc) is 2.53. The number of carboxylic acid groups (broad SMARTS) is 1. The summed E-state index contributed by atoms with van der Waals surface area (Å²) in [5.74, 6) is -1.22. The number of carbonyl (C=O) groups excluding carboxylic acids is 1. The van der Waals surface area contributed by atoms with Gasteiger partial charge in [-0.25, -0.2) is 4.79 Å². The van der Waals surface area contributed by atoms with Gasteiger partial charge in [0.15, 0.2) is 5.82 Å². The second kappa shape index (κ2) is 4.22. The van der Waals surface area contributed by atoms with E-state index in [-0.39, 0.29) is 23.8 Å². The first-order chi connectivity index (χ1) is 6.63. The van der Waals surface area contributed by atoms with Crippen molar-refractivity contribution in [1.29, 1.82) is 0 Å². The van der Waals surface area contributed by atoms with Crippen LogP contribution in [0.1, 0.15) is 16.9 Å². The Morgan fingerprint density at radius 3 is 2.93 bits per heavy atom. The Balaban J connectivity index is 2.64. The molecule has 1 heterocycles. The SMILES string of the molecule is C=CCC(=O)Nc1cc(C(=O)O)[nH]n1. The second-order valence-electron chi connectivity index (χ2n) is 2.51. The highest BCUT2D eigenvalue weighted by atomic mass is 16.4. The number of amides is 1. The fraction of sp³-hybridized carbons (Fsp3) is 0.125. The zero-order valence-corrected chi connectivity index (χ0v) is 7.28. The average molecular weight is 195 g/mol. The minimum absolute atomic E-state index is 0.0705. The van der Waals surface area contributed by atoms with Crippen LogP contribution in [0.5, 0.6) is 0 Å². The Kier molecular flexibility index (Phi) is 3.01. The molecule has 1 amide bonds. The summed E-state index contributed by atoms with van der Waals surface area (Å²) < 4.78 is 0. The molecule has 0 aliphatic heterocycles. The maximum absolute atomic E-state index is 11.0. The van der Waals surface area contributed by atoms with E-state index in [1.54, 1.807) is 0 Å². The lowest BCUT2D eigenvalue weighted by atomic mass is 10.4. The highest BCUT2D eigenvalue weighted by molar-refractivity contribution is 5.92. The van der Waals surface area contributed by atoms with Crippen LogP contribution in [-0.2, 0) is 4.79 Å². The first-order valence-electron chi connectivity index (χ1n) is 3.83. The van der Waals surface area contributed by atoms with Gasteiger partial charge in [-0.2, -0.15) is 5.10 Å². The molecule has 0 bridgehead atoms. The van der Waals surface area contributed by atoms with E-state index in [0.29, 0.717) is 0 Å². The number of aromatic amines is 1. The van der Waals surface area contributed by atoms with Crippen molar-refractivity contribution in [2.24, 2.45) is 0 Å². The number of carbonyl (C=O) groups is 2. The van der Waals surface area contributed by atoms with Gasteiger partial charge in [-0.15, -0.1) is 6.58 Å². The minimum Gasteiger partial charge on any atom is -0.477 e. The van der Waals surface area contributed by atoms with Crippen LogP contribution in [0, 0.1) is 0 Å². The Bertz CT molecular complexity index is 370. The zero-order chi connectivity index (χ0) is 10.6. The lowest BCUT2D eigenvalue weighted by Gasteiger charge is -1.95. The molecule has 0 atom stereocenters. The van der Waals surface area contributed by atoms with E-state index in [9.17, 15) is 9.59 Å². The summed E-state index contributed by atoms with van der Waals surface area (Å²) in [6.45, 7) is 3.39. The number of carboxylic acids is 1. The third-order valence-corrected chi connectivity index (χ3v) is 1.41. The van der Waals surface area contributed by atoms with Gasteiger partial charge >= 0.3 is 5.97 Å². The molecule has 0 aliphatic rings. The molecular formula is C8H9N3O3. The van der Waals surface area contributed by atoms with Gasteiger partial charge in [0, 0.05) is 12.5 Å². The Hall–Kier alpha value is -2.11. The first-order valence-corrected chi connectivity index (χ1v) is 3.83. The van der Waals surface area contributed by atoms with Crippen LogP contribution < -0.4 is 5.32 Å². The number of nitrogens with one attached hydrogen (secondary N) is 2. The van der Waals surface area contributed by atoms with Crippen molar-refractivity contribution in [2.75, 3.05) is 5.32 Å². The quantitative estimate of drug-likeness (QED) is 0.614. The predicted molar refractivity (Wildman–Crippen MR) is 49.0 cm³/mol. The second-order valence-corrected chi connectivity index (χ2v) is 2.51. The molecular weight excluding hydrogens is 186 g/mol. The van der Waals surface area contributed by atoms with Crippen LogP contribution >= 0.6 is 0 Å². The predicted octanol–water partition coefficient (Wildman–Crippen LogP) is 0.622. The van der Waals surface area contributed by atoms with Gasteiger partial charge in [0.2, 0.25) is 5.91 Å². The Morgan fingerprint density at radius 1 is 1.71 bits per heavy atom. The van der Waals surface area contributed by atoms with Crippen LogP contribution in [0.15, 0.2) is 18.7 Å². The number of H-pyrrole nitrogens is 1. The standard InChI is InChI=1S/C8H9N3O3/c1-2-3-7(12)9-6-4-5(8(13)14)10-11-6/h2,4H,1,3H2,(H,13,14)(H2,9,10,11,12). The number of rotatable bonds is 4. The number of aromatic nitrogens is 2. The molecule has 1 aromatic rings. The summed E-state index contributed by atoms with van der Waals surface area (Å²) in [5.41, 5.74) is -0.0705. The molecule has 14 heavy (non-hydrogen) atoms. The van der Waals surface area contributed by atoms with E-state index in [1.807, 2.05) is 0 Å². The van der Waals surface area contributed by atoms with Crippen LogP contribution in [0.3, 0.4) is 0 Å². The first kappa shape index (κ1) is 9.97. The van der Waals surface area contributed by atoms with E-state index in [4.69, 9.17) is 5.11 Å². The summed E-state index contributed by atoms with van der Waals surface area (Å²) in [4.78, 5) is 21.4. The van der Waals surface area contributed by atoms with Crippen molar-refractivity contribution in [3.63, 3.8) is 0 Å². The topological polar surface area (TPSA) is 95.1 Å². The van der Waals surface area contributed by atoms with Gasteiger partial charge in [-0.1, -0.05) is 6.08 Å². The van der Waals surface area contributed by atoms with Gasteiger partial charge in [-0.3, -0.25) is 9.89 Å². The number of nitrogens with zero attached hydrogens (tertiary/aromatic N) is 1. The third-order valence-electron chi connectivity index (χ3n) is 1.41. The molecule has 3 N–H and O–H groups in total. The van der Waals surface area contributed by atoms with Crippen molar-refractivity contribution in [2.45, 2.75) is 6.42 Å². The highest BCUT2D eigenvalue weighted by Gasteiger charge is 2.08. The summed E-state index contributed by atoms with van der Waals surface area (Å²) in [5, 5.41) is 16.8. The van der Waals surface area contributed by atoms with Crippen molar-refractivity contribution in [3.05, 3.63) is 24.4 Å². The van der Waals surface area contributed by atoms with Crippen LogP contribution in [0.2, 0.25) is 0 Å². The highest BCUT2D eigenvalue weighted by Crippen LogP contribution is 2.05. The fourth-order valence-corrected chi connectivity index (χ4v) is 0.820. The normalized spacial score (nSPS) is 9.43. The maximum Gasteiger partial charge on any atom is 0.353 e. The number of hydrogen-bond donors (Lipinski definition) is 3. The molecule has 0 radical (unpaired) electrons. The summed E-state index contributed by atoms with van der Waals surface area (Å²) in [6, 6.07) is 1.24. The molecule has 0 saturated heterocycles. The van der Waals surface area contributed by atoms with Crippen molar-refractivity contribution in [1.82, 2.24) is 10.2 Å². The van der Waals surface area contributed by atoms with Gasteiger partial charge in [0.05, 0.1) is 0 Å². The minimum atomic E-state index is -1.12. The van der Waals surface area contributed by atoms with E-state index in [2.05, 4.69) is 22.1 Å². The van der Waals surface area contributed by atoms with E-state index < -0.39 is 5.97 Å². The molecule has 0 unspecified atom stereocenters. The Morgan fingerprint density at radius 2 is 2.43 bits per heavy atom. The molecule has 6 heteroatoms. The zero-order valence-electron chi connectivity index (χ0n) is 7.28. The molecule has 0 aliphatic carbocycles. The Labute approximate surface area is 79.6 Å². The van der Waals surface area contributed by atoms with E-state index in [1.165, 1.54) is 12.1 Å². The maximum atomic E-state index is 11.0. The monoisotopic (exact) mass is 195 g/mol. The van der Waals surface area contributed by atoms with Gasteiger partial charge < -0.3 is 10.4 Å². The number of hydrogen-bond acceptors (Lipinski definition) is 3. The molecule has 1 rings (SSSR count). The van der Waals surface area contributed by atoms with Crippen molar-refractivity contribution < 1.29 is 14.7 Å². The molecule has 0 saturated carbocycles. The van der Waals surface area contributed by atoms with Crippen LogP contribution in [0.4, 0.5) is 5.82 Å². The van der Waals surface area contributed by atoms with Crippen molar-refractivity contribution in [3.8, 4) is 0 Å². The van der Waals surface area contributed by atoms with E-state index in [0.717, 1.165) is 0 Å². The molecule has 1 aromatic heterocycles. The summed E-state index contributed by atoms with van der Waals surface area (Å²) in [6.07, 6.45) is 1.61. The van der Waals surface area contributed by atoms with Crippen molar-refractivity contribution >= 4 is 17.7 Å². The van der Waals surface area contributed by atoms with Gasteiger partial charge in [0.1, 0.15) is 5.69 Å². The van der Waals surface area contributed by atoms with Gasteiger partial charge in [-0.05, 0) is 0 Å². The molecule has 0 fully saturated rings. The molecule has 6 nitrogen and oxygen atoms in total. The molecule has 0 spiro atoms. The summed E-state index contributed by atoms with van der Waals surface area (Å²) in [7, 11) is 0. The molecule has 74 valence electrons. The number of aromatic carboxylic acids is 1. The molecule has 0 aromatic carbocycles. The van der Waals surface area contributed by atoms with Crippen LogP contribution in [0.25, 0.3) is 0 Å². The van der Waals surface area contributed by atoms with Crippen LogP contribution in [-0.4, -0.2) is 27.2 Å².